The lowest BCUT2D eigenvalue weighted by Crippen LogP contribution is -2.51. The predicted octanol–water partition coefficient (Wildman–Crippen LogP) is 1.39. The standard InChI is InChI=1S/C13H26N2O2/c1-4-10(3)12(14)13(16)15-8-6-7-11(9-15)17-5-2/h10-12H,4-9,14H2,1-3H3/t10-,11?,12-/m0/s1. The number of likely N-dealkylation sites (tertiary alicyclic amines) is 1. The molecule has 1 aliphatic rings. The number of piperidine rings is 1. The molecule has 1 rings (SSSR count). The van der Waals surface area contributed by atoms with Gasteiger partial charge in [-0.3, -0.25) is 4.79 Å². The van der Waals surface area contributed by atoms with Crippen molar-refractivity contribution < 1.29 is 9.53 Å². The number of hydrogen-bond donors (Lipinski definition) is 1. The molecule has 1 unspecified atom stereocenters. The quantitative estimate of drug-likeness (QED) is 0.792. The molecule has 3 atom stereocenters. The van der Waals surface area contributed by atoms with Crippen LogP contribution in [0.2, 0.25) is 0 Å². The fourth-order valence-electron chi connectivity index (χ4n) is 2.22. The monoisotopic (exact) mass is 242 g/mol. The van der Waals surface area contributed by atoms with E-state index in [1.165, 1.54) is 0 Å². The first-order valence-electron chi connectivity index (χ1n) is 6.76. The second kappa shape index (κ2) is 6.97. The molecule has 2 N–H and O–H groups in total. The van der Waals surface area contributed by atoms with E-state index in [0.29, 0.717) is 13.2 Å². The Bertz CT molecular complexity index is 244. The van der Waals surface area contributed by atoms with E-state index < -0.39 is 0 Å². The third-order valence-corrected chi connectivity index (χ3v) is 3.63. The van der Waals surface area contributed by atoms with Crippen LogP contribution in [0.4, 0.5) is 0 Å². The fraction of sp³-hybridized carbons (Fsp3) is 0.923. The third kappa shape index (κ3) is 3.96. The largest absolute Gasteiger partial charge is 0.377 e. The van der Waals surface area contributed by atoms with Gasteiger partial charge in [0.05, 0.1) is 12.1 Å². The Morgan fingerprint density at radius 3 is 2.82 bits per heavy atom. The summed E-state index contributed by atoms with van der Waals surface area (Å²) < 4.78 is 5.60. The van der Waals surface area contributed by atoms with Crippen LogP contribution in [0.15, 0.2) is 0 Å². The molecule has 1 aliphatic heterocycles. The fourth-order valence-corrected chi connectivity index (χ4v) is 2.22. The van der Waals surface area contributed by atoms with E-state index in [9.17, 15) is 4.79 Å². The molecule has 0 aromatic rings. The van der Waals surface area contributed by atoms with Gasteiger partial charge in [-0.1, -0.05) is 20.3 Å². The van der Waals surface area contributed by atoms with Gasteiger partial charge in [0.15, 0.2) is 0 Å². The molecule has 0 bridgehead atoms. The number of rotatable bonds is 5. The van der Waals surface area contributed by atoms with Crippen LogP contribution in [0.1, 0.15) is 40.0 Å². The summed E-state index contributed by atoms with van der Waals surface area (Å²) in [5, 5.41) is 0. The Kier molecular flexibility index (Phi) is 5.92. The molecule has 1 amide bonds. The van der Waals surface area contributed by atoms with Gasteiger partial charge in [-0.2, -0.15) is 0 Å². The van der Waals surface area contributed by atoms with Gasteiger partial charge >= 0.3 is 0 Å². The van der Waals surface area contributed by atoms with Crippen LogP contribution in [0, 0.1) is 5.92 Å². The molecule has 0 saturated carbocycles. The minimum Gasteiger partial charge on any atom is -0.377 e. The maximum absolute atomic E-state index is 12.2. The molecule has 4 heteroatoms. The Labute approximate surface area is 104 Å². The van der Waals surface area contributed by atoms with Crippen molar-refractivity contribution >= 4 is 5.91 Å². The molecule has 0 aromatic carbocycles. The van der Waals surface area contributed by atoms with Gasteiger partial charge in [0.1, 0.15) is 0 Å². The van der Waals surface area contributed by atoms with Gasteiger partial charge in [-0.15, -0.1) is 0 Å². The van der Waals surface area contributed by atoms with E-state index in [1.54, 1.807) is 0 Å². The lowest BCUT2D eigenvalue weighted by Gasteiger charge is -2.35. The molecule has 17 heavy (non-hydrogen) atoms. The van der Waals surface area contributed by atoms with Crippen LogP contribution in [0.25, 0.3) is 0 Å². The van der Waals surface area contributed by atoms with Crippen LogP contribution in [-0.2, 0) is 9.53 Å². The van der Waals surface area contributed by atoms with Gasteiger partial charge < -0.3 is 15.4 Å². The zero-order valence-electron chi connectivity index (χ0n) is 11.3. The highest BCUT2D eigenvalue weighted by Gasteiger charge is 2.29. The van der Waals surface area contributed by atoms with Crippen LogP contribution < -0.4 is 5.73 Å². The number of nitrogens with two attached hydrogens (primary N) is 1. The second-order valence-corrected chi connectivity index (χ2v) is 4.92. The zero-order valence-corrected chi connectivity index (χ0v) is 11.3. The van der Waals surface area contributed by atoms with Crippen LogP contribution in [-0.4, -0.2) is 42.6 Å². The van der Waals surface area contributed by atoms with Crippen molar-refractivity contribution in [2.24, 2.45) is 11.7 Å². The minimum atomic E-state index is -0.361. The highest BCUT2D eigenvalue weighted by atomic mass is 16.5. The third-order valence-electron chi connectivity index (χ3n) is 3.63. The van der Waals surface area contributed by atoms with E-state index in [0.717, 1.165) is 25.8 Å². The van der Waals surface area contributed by atoms with Gasteiger partial charge in [0, 0.05) is 19.7 Å². The Balaban J connectivity index is 2.51. The predicted molar refractivity (Wildman–Crippen MR) is 68.7 cm³/mol. The summed E-state index contributed by atoms with van der Waals surface area (Å²) in [6.07, 6.45) is 3.21. The summed E-state index contributed by atoms with van der Waals surface area (Å²) in [5.41, 5.74) is 5.99. The molecule has 4 nitrogen and oxygen atoms in total. The normalized spacial score (nSPS) is 24.5. The van der Waals surface area contributed by atoms with Crippen molar-refractivity contribution in [1.82, 2.24) is 4.90 Å². The molecule has 1 fully saturated rings. The van der Waals surface area contributed by atoms with Crippen LogP contribution in [0.3, 0.4) is 0 Å². The van der Waals surface area contributed by atoms with E-state index in [2.05, 4.69) is 6.92 Å². The number of ether oxygens (including phenoxy) is 1. The number of nitrogens with zero attached hydrogens (tertiary/aromatic N) is 1. The van der Waals surface area contributed by atoms with E-state index >= 15 is 0 Å². The van der Waals surface area contributed by atoms with Crippen molar-refractivity contribution in [3.05, 3.63) is 0 Å². The van der Waals surface area contributed by atoms with Crippen molar-refractivity contribution in [3.8, 4) is 0 Å². The Morgan fingerprint density at radius 1 is 1.53 bits per heavy atom. The smallest absolute Gasteiger partial charge is 0.239 e. The lowest BCUT2D eigenvalue weighted by molar-refractivity contribution is -0.137. The van der Waals surface area contributed by atoms with Gasteiger partial charge in [0.25, 0.3) is 0 Å². The van der Waals surface area contributed by atoms with Crippen molar-refractivity contribution in [1.29, 1.82) is 0 Å². The first-order valence-corrected chi connectivity index (χ1v) is 6.76. The second-order valence-electron chi connectivity index (χ2n) is 4.92. The number of hydrogen-bond acceptors (Lipinski definition) is 3. The topological polar surface area (TPSA) is 55.6 Å². The highest BCUT2D eigenvalue weighted by Crippen LogP contribution is 2.16. The molecular weight excluding hydrogens is 216 g/mol. The average molecular weight is 242 g/mol. The van der Waals surface area contributed by atoms with Gasteiger partial charge in [0.2, 0.25) is 5.91 Å². The zero-order chi connectivity index (χ0) is 12.8. The maximum atomic E-state index is 12.2. The van der Waals surface area contributed by atoms with E-state index in [-0.39, 0.29) is 24.0 Å². The van der Waals surface area contributed by atoms with Crippen molar-refractivity contribution in [2.45, 2.75) is 52.2 Å². The SMILES string of the molecule is CCOC1CCCN(C(=O)[C@@H](N)[C@@H](C)CC)C1. The first kappa shape index (κ1) is 14.5. The molecule has 100 valence electrons. The summed E-state index contributed by atoms with van der Waals surface area (Å²) in [6.45, 7) is 8.34. The molecule has 0 aromatic heterocycles. The van der Waals surface area contributed by atoms with Crippen LogP contribution in [0.5, 0.6) is 0 Å². The molecule has 1 heterocycles. The highest BCUT2D eigenvalue weighted by molar-refractivity contribution is 5.82. The van der Waals surface area contributed by atoms with E-state index in [1.807, 2.05) is 18.7 Å². The summed E-state index contributed by atoms with van der Waals surface area (Å²) in [6, 6.07) is -0.361. The summed E-state index contributed by atoms with van der Waals surface area (Å²) in [7, 11) is 0. The first-order chi connectivity index (χ1) is 8.10. The number of carbonyl (C=O) groups excluding carboxylic acids is 1. The average Bonchev–Trinajstić information content (AvgIpc) is 2.36. The minimum absolute atomic E-state index is 0.0868. The van der Waals surface area contributed by atoms with Gasteiger partial charge in [-0.25, -0.2) is 0 Å². The molecule has 0 radical (unpaired) electrons. The summed E-state index contributed by atoms with van der Waals surface area (Å²) in [4.78, 5) is 14.1. The van der Waals surface area contributed by atoms with Gasteiger partial charge in [-0.05, 0) is 25.7 Å². The maximum Gasteiger partial charge on any atom is 0.239 e. The number of amides is 1. The Hall–Kier alpha value is -0.610. The number of carbonyl (C=O) groups is 1. The summed E-state index contributed by atoms with van der Waals surface area (Å²) in [5.74, 6) is 0.332. The Morgan fingerprint density at radius 2 is 2.24 bits per heavy atom. The van der Waals surface area contributed by atoms with Crippen molar-refractivity contribution in [2.75, 3.05) is 19.7 Å². The molecule has 0 aliphatic carbocycles. The molecule has 0 spiro atoms. The molecular formula is C13H26N2O2. The summed E-state index contributed by atoms with van der Waals surface area (Å²) >= 11 is 0. The van der Waals surface area contributed by atoms with Crippen LogP contribution >= 0.6 is 0 Å². The van der Waals surface area contributed by atoms with E-state index in [4.69, 9.17) is 10.5 Å². The van der Waals surface area contributed by atoms with Crippen molar-refractivity contribution in [3.63, 3.8) is 0 Å². The molecule has 1 saturated heterocycles. The lowest BCUT2D eigenvalue weighted by atomic mass is 9.97.